The van der Waals surface area contributed by atoms with Crippen LogP contribution in [0.3, 0.4) is 0 Å². The molecule has 0 aromatic heterocycles. The molecule has 0 heterocycles. The van der Waals surface area contributed by atoms with Crippen molar-refractivity contribution in [2.24, 2.45) is 5.92 Å². The summed E-state index contributed by atoms with van der Waals surface area (Å²) >= 11 is 3.09. The molecule has 1 unspecified atom stereocenters. The molecule has 0 amide bonds. The van der Waals surface area contributed by atoms with E-state index in [1.807, 2.05) is 6.92 Å². The number of hydrogen-bond donors (Lipinski definition) is 1. The summed E-state index contributed by atoms with van der Waals surface area (Å²) in [5.41, 5.74) is 0.182. The van der Waals surface area contributed by atoms with Gasteiger partial charge in [-0.1, -0.05) is 20.8 Å². The largest absolute Gasteiger partial charge is 0.315 e. The molecule has 0 saturated carbocycles. The van der Waals surface area contributed by atoms with Crippen molar-refractivity contribution < 1.29 is 8.78 Å². The lowest BCUT2D eigenvalue weighted by Crippen LogP contribution is -2.25. The molecular weight excluding hydrogens is 300 g/mol. The van der Waals surface area contributed by atoms with E-state index in [1.54, 1.807) is 0 Å². The molecule has 0 aliphatic heterocycles. The fourth-order valence-corrected chi connectivity index (χ4v) is 2.20. The Morgan fingerprint density at radius 3 is 2.50 bits per heavy atom. The third kappa shape index (κ3) is 4.65. The average molecular weight is 320 g/mol. The van der Waals surface area contributed by atoms with Crippen LogP contribution in [0.4, 0.5) is 8.78 Å². The molecule has 1 rings (SSSR count). The third-order valence-electron chi connectivity index (χ3n) is 2.88. The average Bonchev–Trinajstić information content (AvgIpc) is 2.29. The van der Waals surface area contributed by atoms with E-state index in [0.29, 0.717) is 16.9 Å². The standard InChI is InChI=1S/C14H20BrF2N/c1-9(2)18-7-6-10(3)8-11-13(16)5-4-12(15)14(11)17/h4-5,9-10,18H,6-8H2,1-3H3. The number of rotatable bonds is 6. The van der Waals surface area contributed by atoms with Crippen molar-refractivity contribution >= 4 is 15.9 Å². The summed E-state index contributed by atoms with van der Waals surface area (Å²) in [6, 6.07) is 3.15. The number of nitrogens with one attached hydrogen (secondary N) is 1. The Labute approximate surface area is 116 Å². The second-order valence-electron chi connectivity index (χ2n) is 5.03. The van der Waals surface area contributed by atoms with Crippen LogP contribution in [-0.2, 0) is 6.42 Å². The van der Waals surface area contributed by atoms with Gasteiger partial charge in [-0.2, -0.15) is 0 Å². The quantitative estimate of drug-likeness (QED) is 0.771. The van der Waals surface area contributed by atoms with Crippen LogP contribution >= 0.6 is 15.9 Å². The van der Waals surface area contributed by atoms with Gasteiger partial charge < -0.3 is 5.32 Å². The van der Waals surface area contributed by atoms with E-state index < -0.39 is 11.6 Å². The van der Waals surface area contributed by atoms with E-state index in [1.165, 1.54) is 12.1 Å². The highest BCUT2D eigenvalue weighted by Gasteiger charge is 2.15. The Morgan fingerprint density at radius 2 is 1.89 bits per heavy atom. The van der Waals surface area contributed by atoms with E-state index in [0.717, 1.165) is 13.0 Å². The minimum atomic E-state index is -0.473. The van der Waals surface area contributed by atoms with Crippen LogP contribution in [0.25, 0.3) is 0 Å². The monoisotopic (exact) mass is 319 g/mol. The van der Waals surface area contributed by atoms with Gasteiger partial charge in [0.1, 0.15) is 11.6 Å². The molecule has 0 spiro atoms. The predicted molar refractivity (Wildman–Crippen MR) is 74.7 cm³/mol. The van der Waals surface area contributed by atoms with Gasteiger partial charge in [-0.15, -0.1) is 0 Å². The van der Waals surface area contributed by atoms with Crippen LogP contribution in [0.1, 0.15) is 32.8 Å². The summed E-state index contributed by atoms with van der Waals surface area (Å²) in [7, 11) is 0. The van der Waals surface area contributed by atoms with Crippen LogP contribution < -0.4 is 5.32 Å². The normalized spacial score (nSPS) is 13.1. The first-order chi connectivity index (χ1) is 8.41. The highest BCUT2D eigenvalue weighted by atomic mass is 79.9. The van der Waals surface area contributed by atoms with Gasteiger partial charge in [0, 0.05) is 11.6 Å². The molecule has 1 nitrogen and oxygen atoms in total. The van der Waals surface area contributed by atoms with Gasteiger partial charge in [-0.05, 0) is 53.4 Å². The van der Waals surface area contributed by atoms with Crippen molar-refractivity contribution in [2.75, 3.05) is 6.54 Å². The lowest BCUT2D eigenvalue weighted by Gasteiger charge is -2.15. The first-order valence-electron chi connectivity index (χ1n) is 6.27. The van der Waals surface area contributed by atoms with E-state index in [9.17, 15) is 8.78 Å². The van der Waals surface area contributed by atoms with E-state index in [4.69, 9.17) is 0 Å². The lowest BCUT2D eigenvalue weighted by atomic mass is 9.97. The molecule has 0 radical (unpaired) electrons. The Hall–Kier alpha value is -0.480. The number of halogens is 3. The van der Waals surface area contributed by atoms with Gasteiger partial charge in [-0.25, -0.2) is 8.78 Å². The second kappa shape index (κ2) is 7.19. The number of benzene rings is 1. The van der Waals surface area contributed by atoms with E-state index in [2.05, 4.69) is 35.1 Å². The second-order valence-corrected chi connectivity index (χ2v) is 5.88. The molecule has 1 aromatic rings. The summed E-state index contributed by atoms with van der Waals surface area (Å²) in [6.45, 7) is 7.05. The number of hydrogen-bond acceptors (Lipinski definition) is 1. The van der Waals surface area contributed by atoms with Crippen LogP contribution in [0.5, 0.6) is 0 Å². The first-order valence-corrected chi connectivity index (χ1v) is 7.06. The molecule has 0 aliphatic rings. The van der Waals surface area contributed by atoms with Crippen LogP contribution in [0.2, 0.25) is 0 Å². The molecule has 0 saturated heterocycles. The third-order valence-corrected chi connectivity index (χ3v) is 3.49. The molecule has 1 aromatic carbocycles. The fourth-order valence-electron chi connectivity index (χ4n) is 1.83. The minimum absolute atomic E-state index is 0.182. The van der Waals surface area contributed by atoms with E-state index in [-0.39, 0.29) is 11.5 Å². The lowest BCUT2D eigenvalue weighted by molar-refractivity contribution is 0.454. The molecule has 0 bridgehead atoms. The minimum Gasteiger partial charge on any atom is -0.315 e. The smallest absolute Gasteiger partial charge is 0.143 e. The van der Waals surface area contributed by atoms with Gasteiger partial charge in [0.25, 0.3) is 0 Å². The molecule has 18 heavy (non-hydrogen) atoms. The zero-order valence-electron chi connectivity index (χ0n) is 11.1. The maximum atomic E-state index is 13.8. The van der Waals surface area contributed by atoms with Gasteiger partial charge in [0.2, 0.25) is 0 Å². The van der Waals surface area contributed by atoms with Crippen molar-refractivity contribution in [3.05, 3.63) is 33.8 Å². The SMILES string of the molecule is CC(CCNC(C)C)Cc1c(F)ccc(Br)c1F. The Bertz CT molecular complexity index is 394. The van der Waals surface area contributed by atoms with Crippen molar-refractivity contribution in [3.63, 3.8) is 0 Å². The first kappa shape index (κ1) is 15.6. The van der Waals surface area contributed by atoms with E-state index >= 15 is 0 Å². The van der Waals surface area contributed by atoms with Gasteiger partial charge in [0.15, 0.2) is 0 Å². The zero-order valence-corrected chi connectivity index (χ0v) is 12.7. The van der Waals surface area contributed by atoms with Crippen molar-refractivity contribution in [1.29, 1.82) is 0 Å². The summed E-state index contributed by atoms with van der Waals surface area (Å²) < 4.78 is 27.7. The molecule has 102 valence electrons. The molecule has 0 aliphatic carbocycles. The molecular formula is C14H20BrF2N. The van der Waals surface area contributed by atoms with Crippen LogP contribution in [0, 0.1) is 17.6 Å². The van der Waals surface area contributed by atoms with Crippen molar-refractivity contribution in [2.45, 2.75) is 39.7 Å². The summed E-state index contributed by atoms with van der Waals surface area (Å²) in [6.07, 6.45) is 1.33. The Morgan fingerprint density at radius 1 is 1.22 bits per heavy atom. The van der Waals surface area contributed by atoms with Gasteiger partial charge in [0.05, 0.1) is 4.47 Å². The highest BCUT2D eigenvalue weighted by Crippen LogP contribution is 2.24. The molecule has 0 fully saturated rings. The highest BCUT2D eigenvalue weighted by molar-refractivity contribution is 9.10. The molecule has 4 heteroatoms. The fraction of sp³-hybridized carbons (Fsp3) is 0.571. The van der Waals surface area contributed by atoms with Gasteiger partial charge in [-0.3, -0.25) is 0 Å². The summed E-state index contributed by atoms with van der Waals surface area (Å²) in [4.78, 5) is 0. The van der Waals surface area contributed by atoms with Crippen LogP contribution in [-0.4, -0.2) is 12.6 Å². The maximum Gasteiger partial charge on any atom is 0.143 e. The van der Waals surface area contributed by atoms with Crippen LogP contribution in [0.15, 0.2) is 16.6 Å². The Kier molecular flexibility index (Phi) is 6.22. The molecule has 1 N–H and O–H groups in total. The van der Waals surface area contributed by atoms with Gasteiger partial charge >= 0.3 is 0 Å². The maximum absolute atomic E-state index is 13.8. The van der Waals surface area contributed by atoms with Crippen molar-refractivity contribution in [1.82, 2.24) is 5.32 Å². The summed E-state index contributed by atoms with van der Waals surface area (Å²) in [5, 5.41) is 3.31. The predicted octanol–water partition coefficient (Wildman–Crippen LogP) is 4.29. The Balaban J connectivity index is 2.59. The summed E-state index contributed by atoms with van der Waals surface area (Å²) in [5.74, 6) is -0.687. The molecule has 1 atom stereocenters. The topological polar surface area (TPSA) is 12.0 Å². The van der Waals surface area contributed by atoms with Crippen molar-refractivity contribution in [3.8, 4) is 0 Å². The zero-order chi connectivity index (χ0) is 13.7.